The van der Waals surface area contributed by atoms with Crippen LogP contribution in [-0.4, -0.2) is 10.2 Å². The number of unbranched alkanes of at least 4 members (excludes halogenated alkanes) is 14. The minimum Gasteiger partial charge on any atom is -0.507 e. The van der Waals surface area contributed by atoms with E-state index >= 15 is 0 Å². The first-order valence-corrected chi connectivity index (χ1v) is 15.3. The lowest BCUT2D eigenvalue weighted by molar-refractivity contribution is 0.459. The molecule has 0 fully saturated rings. The van der Waals surface area contributed by atoms with Gasteiger partial charge in [-0.15, -0.1) is 0 Å². The van der Waals surface area contributed by atoms with Crippen LogP contribution in [0.25, 0.3) is 0 Å². The molecule has 0 heterocycles. The van der Waals surface area contributed by atoms with E-state index in [1.807, 2.05) is 24.3 Å². The molecule has 2 aromatic rings. The van der Waals surface area contributed by atoms with Gasteiger partial charge in [0.25, 0.3) is 0 Å². The molecule has 0 radical (unpaired) electrons. The van der Waals surface area contributed by atoms with Crippen molar-refractivity contribution in [2.45, 2.75) is 139 Å². The third kappa shape index (κ3) is 12.8. The molecule has 35 heavy (non-hydrogen) atoms. The standard InChI is InChI=1S/C32H50O2S/c1-3-5-7-9-11-13-15-17-19-27-21-23-29(33)31(25-27)35-32-26-28(22-24-30(32)34)20-18-16-14-12-10-8-6-4-2/h21-26,33-34H,3-20H2,1-2H3. The second kappa shape index (κ2) is 18.6. The number of hydrogen-bond donors (Lipinski definition) is 2. The highest BCUT2D eigenvalue weighted by molar-refractivity contribution is 7.99. The number of aryl methyl sites for hydroxylation is 2. The monoisotopic (exact) mass is 498 g/mol. The molecule has 2 nitrogen and oxygen atoms in total. The summed E-state index contributed by atoms with van der Waals surface area (Å²) in [6, 6.07) is 11.9. The predicted molar refractivity (Wildman–Crippen MR) is 153 cm³/mol. The molecule has 196 valence electrons. The van der Waals surface area contributed by atoms with Gasteiger partial charge >= 0.3 is 0 Å². The zero-order valence-electron chi connectivity index (χ0n) is 22.5. The molecule has 0 aliphatic heterocycles. The van der Waals surface area contributed by atoms with E-state index in [9.17, 15) is 10.2 Å². The molecular formula is C32H50O2S. The molecule has 0 saturated heterocycles. The van der Waals surface area contributed by atoms with Gasteiger partial charge in [0.1, 0.15) is 11.5 Å². The van der Waals surface area contributed by atoms with Crippen molar-refractivity contribution in [1.82, 2.24) is 0 Å². The Morgan fingerprint density at radius 3 is 1.20 bits per heavy atom. The van der Waals surface area contributed by atoms with E-state index in [1.165, 1.54) is 126 Å². The van der Waals surface area contributed by atoms with Crippen LogP contribution in [0.1, 0.15) is 128 Å². The van der Waals surface area contributed by atoms with Gasteiger partial charge in [0.05, 0.1) is 9.79 Å². The van der Waals surface area contributed by atoms with Gasteiger partial charge in [0.2, 0.25) is 0 Å². The lowest BCUT2D eigenvalue weighted by Gasteiger charge is -2.11. The van der Waals surface area contributed by atoms with Gasteiger partial charge in [-0.2, -0.15) is 0 Å². The van der Waals surface area contributed by atoms with Crippen LogP contribution in [0.5, 0.6) is 11.5 Å². The Labute approximate surface area is 219 Å². The van der Waals surface area contributed by atoms with E-state index < -0.39 is 0 Å². The lowest BCUT2D eigenvalue weighted by atomic mass is 10.0. The zero-order valence-corrected chi connectivity index (χ0v) is 23.3. The summed E-state index contributed by atoms with van der Waals surface area (Å²) < 4.78 is 0. The highest BCUT2D eigenvalue weighted by Gasteiger charge is 2.10. The zero-order chi connectivity index (χ0) is 25.1. The van der Waals surface area contributed by atoms with Crippen LogP contribution in [0, 0.1) is 0 Å². The summed E-state index contributed by atoms with van der Waals surface area (Å²) in [6.45, 7) is 4.53. The average molecular weight is 499 g/mol. The summed E-state index contributed by atoms with van der Waals surface area (Å²) in [5.74, 6) is 0.588. The molecule has 2 rings (SSSR count). The van der Waals surface area contributed by atoms with Gasteiger partial charge < -0.3 is 10.2 Å². The van der Waals surface area contributed by atoms with Gasteiger partial charge in [-0.05, 0) is 61.1 Å². The number of phenols is 2. The van der Waals surface area contributed by atoms with Crippen molar-refractivity contribution in [3.63, 3.8) is 0 Å². The fourth-order valence-electron chi connectivity index (χ4n) is 4.64. The Hall–Kier alpha value is -1.61. The molecular weight excluding hydrogens is 448 g/mol. The lowest BCUT2D eigenvalue weighted by Crippen LogP contribution is -1.89. The molecule has 0 aromatic heterocycles. The molecule has 0 atom stereocenters. The first-order chi connectivity index (χ1) is 17.1. The smallest absolute Gasteiger partial charge is 0.129 e. The van der Waals surface area contributed by atoms with E-state index in [0.717, 1.165) is 22.6 Å². The van der Waals surface area contributed by atoms with Crippen molar-refractivity contribution >= 4 is 11.8 Å². The molecule has 2 N–H and O–H groups in total. The quantitative estimate of drug-likeness (QED) is 0.178. The van der Waals surface area contributed by atoms with Crippen molar-refractivity contribution in [2.75, 3.05) is 0 Å². The van der Waals surface area contributed by atoms with Crippen molar-refractivity contribution in [3.8, 4) is 11.5 Å². The fourth-order valence-corrected chi connectivity index (χ4v) is 5.64. The van der Waals surface area contributed by atoms with Crippen molar-refractivity contribution in [3.05, 3.63) is 47.5 Å². The summed E-state index contributed by atoms with van der Waals surface area (Å²) in [4.78, 5) is 1.67. The maximum Gasteiger partial charge on any atom is 0.129 e. The van der Waals surface area contributed by atoms with Crippen LogP contribution < -0.4 is 0 Å². The van der Waals surface area contributed by atoms with Crippen LogP contribution in [0.3, 0.4) is 0 Å². The first kappa shape index (κ1) is 29.6. The highest BCUT2D eigenvalue weighted by Crippen LogP contribution is 2.40. The molecule has 0 saturated carbocycles. The van der Waals surface area contributed by atoms with Crippen molar-refractivity contribution in [1.29, 1.82) is 0 Å². The highest BCUT2D eigenvalue weighted by atomic mass is 32.2. The van der Waals surface area contributed by atoms with E-state index in [-0.39, 0.29) is 0 Å². The molecule has 0 unspecified atom stereocenters. The molecule has 0 aliphatic carbocycles. The van der Waals surface area contributed by atoms with Crippen molar-refractivity contribution in [2.24, 2.45) is 0 Å². The van der Waals surface area contributed by atoms with Crippen LogP contribution >= 0.6 is 11.8 Å². The van der Waals surface area contributed by atoms with Crippen LogP contribution in [0.2, 0.25) is 0 Å². The Morgan fingerprint density at radius 1 is 0.486 bits per heavy atom. The maximum atomic E-state index is 10.4. The summed E-state index contributed by atoms with van der Waals surface area (Å²) in [6.07, 6.45) is 23.2. The molecule has 0 bridgehead atoms. The second-order valence-corrected chi connectivity index (χ2v) is 11.2. The second-order valence-electron chi connectivity index (χ2n) is 10.2. The number of aromatic hydroxyl groups is 2. The Kier molecular flexibility index (Phi) is 15.8. The topological polar surface area (TPSA) is 40.5 Å². The predicted octanol–water partition coefficient (Wildman–Crippen LogP) is 10.6. The normalized spacial score (nSPS) is 11.3. The third-order valence-corrected chi connectivity index (χ3v) is 8.00. The van der Waals surface area contributed by atoms with Gasteiger partial charge in [-0.25, -0.2) is 0 Å². The average Bonchev–Trinajstić information content (AvgIpc) is 2.86. The maximum absolute atomic E-state index is 10.4. The van der Waals surface area contributed by atoms with Gasteiger partial charge in [-0.1, -0.05) is 128 Å². The summed E-state index contributed by atoms with van der Waals surface area (Å²) >= 11 is 1.48. The molecule has 2 aromatic carbocycles. The summed E-state index contributed by atoms with van der Waals surface area (Å²) in [5.41, 5.74) is 2.54. The summed E-state index contributed by atoms with van der Waals surface area (Å²) in [7, 11) is 0. The van der Waals surface area contributed by atoms with Crippen LogP contribution in [-0.2, 0) is 12.8 Å². The number of benzene rings is 2. The van der Waals surface area contributed by atoms with Gasteiger partial charge in [-0.3, -0.25) is 0 Å². The molecule has 0 amide bonds. The van der Waals surface area contributed by atoms with E-state index in [0.29, 0.717) is 11.5 Å². The van der Waals surface area contributed by atoms with Crippen LogP contribution in [0.15, 0.2) is 46.2 Å². The SMILES string of the molecule is CCCCCCCCCCc1ccc(O)c(Sc2cc(CCCCCCCCCC)ccc2O)c1. The third-order valence-electron chi connectivity index (χ3n) is 6.91. The summed E-state index contributed by atoms with van der Waals surface area (Å²) in [5, 5.41) is 20.9. The Morgan fingerprint density at radius 2 is 0.829 bits per heavy atom. The van der Waals surface area contributed by atoms with Crippen molar-refractivity contribution < 1.29 is 10.2 Å². The van der Waals surface area contributed by atoms with E-state index in [4.69, 9.17) is 0 Å². The van der Waals surface area contributed by atoms with E-state index in [1.54, 1.807) is 0 Å². The van der Waals surface area contributed by atoms with Gasteiger partial charge in [0.15, 0.2) is 0 Å². The first-order valence-electron chi connectivity index (χ1n) is 14.5. The van der Waals surface area contributed by atoms with Gasteiger partial charge in [0, 0.05) is 0 Å². The number of hydrogen-bond acceptors (Lipinski definition) is 3. The van der Waals surface area contributed by atoms with E-state index in [2.05, 4.69) is 26.0 Å². The number of phenolic OH excluding ortho intramolecular Hbond substituents is 2. The molecule has 3 heteroatoms. The minimum absolute atomic E-state index is 0.294. The molecule has 0 spiro atoms. The van der Waals surface area contributed by atoms with Crippen LogP contribution in [0.4, 0.5) is 0 Å². The fraction of sp³-hybridized carbons (Fsp3) is 0.625. The largest absolute Gasteiger partial charge is 0.507 e. The number of rotatable bonds is 20. The Balaban J connectivity index is 1.79. The minimum atomic E-state index is 0.294. The Bertz CT molecular complexity index is 750. The molecule has 0 aliphatic rings.